The van der Waals surface area contributed by atoms with Crippen LogP contribution in [0.3, 0.4) is 0 Å². The fourth-order valence-electron chi connectivity index (χ4n) is 5.37. The zero-order valence-corrected chi connectivity index (χ0v) is 17.6. The third-order valence-corrected chi connectivity index (χ3v) is 7.31. The standard InChI is InChI=1S/C25H36F2O/c1-3-17-28-23-16-15-22(24(26)25(23)27)14-9-19-7-12-21(13-8-19)20-10-5-18(4-2)6-11-20/h3,15-21H,4-14H2,1-2H3/b17-3+. The van der Waals surface area contributed by atoms with Gasteiger partial charge in [-0.3, -0.25) is 0 Å². The van der Waals surface area contributed by atoms with Crippen LogP contribution in [-0.2, 0) is 6.42 Å². The highest BCUT2D eigenvalue weighted by Crippen LogP contribution is 2.42. The summed E-state index contributed by atoms with van der Waals surface area (Å²) in [5.41, 5.74) is 0.477. The molecule has 0 aliphatic heterocycles. The smallest absolute Gasteiger partial charge is 0.201 e. The van der Waals surface area contributed by atoms with Gasteiger partial charge in [-0.25, -0.2) is 4.39 Å². The Balaban J connectivity index is 1.45. The largest absolute Gasteiger partial charge is 0.462 e. The van der Waals surface area contributed by atoms with Crippen molar-refractivity contribution in [2.75, 3.05) is 0 Å². The van der Waals surface area contributed by atoms with Gasteiger partial charge < -0.3 is 4.74 Å². The van der Waals surface area contributed by atoms with E-state index in [1.54, 1.807) is 19.1 Å². The van der Waals surface area contributed by atoms with E-state index in [2.05, 4.69) is 6.92 Å². The Morgan fingerprint density at radius 3 is 2.07 bits per heavy atom. The number of aryl methyl sites for hydroxylation is 1. The minimum Gasteiger partial charge on any atom is -0.462 e. The highest BCUT2D eigenvalue weighted by molar-refractivity contribution is 5.31. The lowest BCUT2D eigenvalue weighted by Gasteiger charge is -2.37. The predicted octanol–water partition coefficient (Wildman–Crippen LogP) is 7.83. The Morgan fingerprint density at radius 1 is 0.893 bits per heavy atom. The summed E-state index contributed by atoms with van der Waals surface area (Å²) in [6, 6.07) is 3.21. The maximum absolute atomic E-state index is 14.3. The molecule has 0 spiro atoms. The highest BCUT2D eigenvalue weighted by Gasteiger charge is 2.30. The third kappa shape index (κ3) is 5.36. The predicted molar refractivity (Wildman–Crippen MR) is 111 cm³/mol. The molecule has 3 heteroatoms. The van der Waals surface area contributed by atoms with E-state index >= 15 is 0 Å². The first-order valence-corrected chi connectivity index (χ1v) is 11.4. The van der Waals surface area contributed by atoms with E-state index in [1.165, 1.54) is 70.1 Å². The van der Waals surface area contributed by atoms with Crippen LogP contribution >= 0.6 is 0 Å². The maximum atomic E-state index is 14.3. The van der Waals surface area contributed by atoms with Gasteiger partial charge in [-0.2, -0.15) is 4.39 Å². The van der Waals surface area contributed by atoms with Gasteiger partial charge >= 0.3 is 0 Å². The van der Waals surface area contributed by atoms with E-state index in [0.29, 0.717) is 17.9 Å². The summed E-state index contributed by atoms with van der Waals surface area (Å²) in [5, 5.41) is 0. The van der Waals surface area contributed by atoms with Crippen LogP contribution in [0.15, 0.2) is 24.5 Å². The SMILES string of the molecule is C/C=C/Oc1ccc(CCC2CCC(C3CCC(CC)CC3)CC2)c(F)c1F. The second kappa shape index (κ2) is 10.4. The van der Waals surface area contributed by atoms with Crippen LogP contribution in [0, 0.1) is 35.3 Å². The molecule has 0 aromatic heterocycles. The molecule has 28 heavy (non-hydrogen) atoms. The van der Waals surface area contributed by atoms with E-state index < -0.39 is 11.6 Å². The first-order valence-electron chi connectivity index (χ1n) is 11.4. The van der Waals surface area contributed by atoms with Crippen LogP contribution in [0.25, 0.3) is 0 Å². The Hall–Kier alpha value is -1.38. The van der Waals surface area contributed by atoms with Crippen LogP contribution in [0.4, 0.5) is 8.78 Å². The van der Waals surface area contributed by atoms with Crippen LogP contribution < -0.4 is 4.74 Å². The van der Waals surface area contributed by atoms with Gasteiger partial charge in [0.25, 0.3) is 0 Å². The van der Waals surface area contributed by atoms with Crippen molar-refractivity contribution in [3.8, 4) is 5.75 Å². The molecule has 0 atom stereocenters. The first-order chi connectivity index (χ1) is 13.6. The van der Waals surface area contributed by atoms with Crippen molar-refractivity contribution in [1.29, 1.82) is 0 Å². The van der Waals surface area contributed by atoms with Gasteiger partial charge in [0.05, 0.1) is 6.26 Å². The average Bonchev–Trinajstić information content (AvgIpc) is 2.74. The number of rotatable bonds is 7. The summed E-state index contributed by atoms with van der Waals surface area (Å²) in [7, 11) is 0. The highest BCUT2D eigenvalue weighted by atomic mass is 19.2. The minimum atomic E-state index is -0.873. The van der Waals surface area contributed by atoms with Crippen LogP contribution in [0.2, 0.25) is 0 Å². The summed E-state index contributed by atoms with van der Waals surface area (Å²) in [6.07, 6.45) is 16.8. The lowest BCUT2D eigenvalue weighted by Crippen LogP contribution is -2.25. The van der Waals surface area contributed by atoms with Crippen molar-refractivity contribution >= 4 is 0 Å². The number of benzene rings is 1. The number of hydrogen-bond acceptors (Lipinski definition) is 1. The van der Waals surface area contributed by atoms with Gasteiger partial charge in [0.2, 0.25) is 5.82 Å². The van der Waals surface area contributed by atoms with E-state index in [0.717, 1.165) is 24.2 Å². The van der Waals surface area contributed by atoms with Gasteiger partial charge in [0, 0.05) is 0 Å². The third-order valence-electron chi connectivity index (χ3n) is 7.31. The molecule has 156 valence electrons. The number of allylic oxidation sites excluding steroid dienone is 1. The lowest BCUT2D eigenvalue weighted by molar-refractivity contribution is 0.142. The van der Waals surface area contributed by atoms with E-state index in [1.807, 2.05) is 0 Å². The quantitative estimate of drug-likeness (QED) is 0.431. The zero-order chi connectivity index (χ0) is 19.9. The summed E-state index contributed by atoms with van der Waals surface area (Å²) in [5.74, 6) is 1.82. The number of halogens is 2. The first kappa shape index (κ1) is 21.3. The second-order valence-corrected chi connectivity index (χ2v) is 8.95. The van der Waals surface area contributed by atoms with Crippen LogP contribution in [0.5, 0.6) is 5.75 Å². The average molecular weight is 391 g/mol. The van der Waals surface area contributed by atoms with Gasteiger partial charge in [-0.15, -0.1) is 0 Å². The fraction of sp³-hybridized carbons (Fsp3) is 0.680. The van der Waals surface area contributed by atoms with E-state index in [4.69, 9.17) is 4.74 Å². The van der Waals surface area contributed by atoms with Crippen molar-refractivity contribution in [1.82, 2.24) is 0 Å². The topological polar surface area (TPSA) is 9.23 Å². The van der Waals surface area contributed by atoms with Crippen molar-refractivity contribution in [3.05, 3.63) is 41.7 Å². The molecular weight excluding hydrogens is 354 g/mol. The maximum Gasteiger partial charge on any atom is 0.201 e. The van der Waals surface area contributed by atoms with Crippen molar-refractivity contribution < 1.29 is 13.5 Å². The van der Waals surface area contributed by atoms with Gasteiger partial charge in [-0.05, 0) is 80.8 Å². The van der Waals surface area contributed by atoms with E-state index in [-0.39, 0.29) is 5.75 Å². The number of hydrogen-bond donors (Lipinski definition) is 0. The molecule has 1 aromatic carbocycles. The monoisotopic (exact) mass is 390 g/mol. The molecule has 2 saturated carbocycles. The molecule has 0 saturated heterocycles. The van der Waals surface area contributed by atoms with Crippen molar-refractivity contribution in [2.24, 2.45) is 23.7 Å². The summed E-state index contributed by atoms with van der Waals surface area (Å²) in [4.78, 5) is 0. The van der Waals surface area contributed by atoms with Gasteiger partial charge in [-0.1, -0.05) is 51.2 Å². The summed E-state index contributed by atoms with van der Waals surface area (Å²) in [6.45, 7) is 4.10. The lowest BCUT2D eigenvalue weighted by atomic mass is 9.68. The van der Waals surface area contributed by atoms with Gasteiger partial charge in [0.15, 0.2) is 11.6 Å². The Kier molecular flexibility index (Phi) is 7.93. The van der Waals surface area contributed by atoms with Gasteiger partial charge in [0.1, 0.15) is 0 Å². The normalized spacial score (nSPS) is 28.6. The molecule has 2 aliphatic carbocycles. The Labute approximate surface area is 169 Å². The molecule has 1 aromatic rings. The molecule has 3 rings (SSSR count). The summed E-state index contributed by atoms with van der Waals surface area (Å²) >= 11 is 0. The van der Waals surface area contributed by atoms with Crippen LogP contribution in [-0.4, -0.2) is 0 Å². The molecule has 2 fully saturated rings. The molecular formula is C25H36F2O. The van der Waals surface area contributed by atoms with Crippen molar-refractivity contribution in [3.63, 3.8) is 0 Å². The molecule has 0 amide bonds. The fourth-order valence-corrected chi connectivity index (χ4v) is 5.37. The number of ether oxygens (including phenoxy) is 1. The Morgan fingerprint density at radius 2 is 1.50 bits per heavy atom. The van der Waals surface area contributed by atoms with Crippen LogP contribution in [0.1, 0.15) is 83.6 Å². The molecule has 0 unspecified atom stereocenters. The molecule has 0 heterocycles. The second-order valence-electron chi connectivity index (χ2n) is 8.95. The van der Waals surface area contributed by atoms with E-state index in [9.17, 15) is 8.78 Å². The molecule has 0 N–H and O–H groups in total. The Bertz CT molecular complexity index is 638. The molecule has 0 bridgehead atoms. The molecule has 1 nitrogen and oxygen atoms in total. The summed E-state index contributed by atoms with van der Waals surface area (Å²) < 4.78 is 33.6. The zero-order valence-electron chi connectivity index (χ0n) is 17.6. The molecule has 0 radical (unpaired) electrons. The van der Waals surface area contributed by atoms with Crippen molar-refractivity contribution in [2.45, 2.75) is 84.5 Å². The minimum absolute atomic E-state index is 0.0438. The molecule has 2 aliphatic rings.